The Morgan fingerprint density at radius 2 is 1.80 bits per heavy atom. The van der Waals surface area contributed by atoms with Gasteiger partial charge >= 0.3 is 0 Å². The van der Waals surface area contributed by atoms with E-state index in [4.69, 9.17) is 0 Å². The Morgan fingerprint density at radius 1 is 1.05 bits per heavy atom. The Bertz CT molecular complexity index is 468. The average molecular weight is 272 g/mol. The molecule has 2 atom stereocenters. The van der Waals surface area contributed by atoms with Gasteiger partial charge in [-0.3, -0.25) is 0 Å². The second-order valence-electron chi connectivity index (χ2n) is 6.98. The van der Waals surface area contributed by atoms with E-state index in [-0.39, 0.29) is 0 Å². The van der Waals surface area contributed by atoms with Crippen LogP contribution in [-0.2, 0) is 0 Å². The maximum Gasteiger partial charge on any atom is 0.225 e. The summed E-state index contributed by atoms with van der Waals surface area (Å²) in [6.45, 7) is 8.30. The molecule has 2 aliphatic heterocycles. The van der Waals surface area contributed by atoms with Crippen molar-refractivity contribution < 1.29 is 0 Å². The summed E-state index contributed by atoms with van der Waals surface area (Å²) >= 11 is 0. The van der Waals surface area contributed by atoms with Crippen molar-refractivity contribution in [3.63, 3.8) is 0 Å². The molecule has 2 saturated heterocycles. The monoisotopic (exact) mass is 272 g/mol. The largest absolute Gasteiger partial charge is 0.340 e. The molecule has 1 aliphatic carbocycles. The van der Waals surface area contributed by atoms with Crippen molar-refractivity contribution >= 4 is 5.95 Å². The van der Waals surface area contributed by atoms with Gasteiger partial charge < -0.3 is 9.80 Å². The lowest BCUT2D eigenvalue weighted by Gasteiger charge is -2.34. The van der Waals surface area contributed by atoms with E-state index in [1.807, 2.05) is 19.3 Å². The van der Waals surface area contributed by atoms with Crippen LogP contribution >= 0.6 is 0 Å². The molecule has 0 N–H and O–H groups in total. The van der Waals surface area contributed by atoms with Gasteiger partial charge in [-0.1, -0.05) is 0 Å². The van der Waals surface area contributed by atoms with E-state index in [1.165, 1.54) is 38.9 Å². The van der Waals surface area contributed by atoms with Crippen LogP contribution in [0, 0.1) is 24.7 Å². The fourth-order valence-electron chi connectivity index (χ4n) is 3.79. The van der Waals surface area contributed by atoms with Gasteiger partial charge in [0.1, 0.15) is 0 Å². The van der Waals surface area contributed by atoms with Gasteiger partial charge in [0.15, 0.2) is 0 Å². The predicted molar refractivity (Wildman–Crippen MR) is 79.7 cm³/mol. The summed E-state index contributed by atoms with van der Waals surface area (Å²) in [5, 5.41) is 0. The molecule has 20 heavy (non-hydrogen) atoms. The van der Waals surface area contributed by atoms with Crippen molar-refractivity contribution in [1.29, 1.82) is 0 Å². The first-order valence-electron chi connectivity index (χ1n) is 8.04. The third-order valence-electron chi connectivity index (χ3n) is 5.15. The molecule has 3 fully saturated rings. The van der Waals surface area contributed by atoms with E-state index >= 15 is 0 Å². The fraction of sp³-hybridized carbons (Fsp3) is 0.750. The Balaban J connectivity index is 1.40. The van der Waals surface area contributed by atoms with Gasteiger partial charge in [0, 0.05) is 38.6 Å². The molecule has 3 aliphatic rings. The first-order valence-corrected chi connectivity index (χ1v) is 8.04. The van der Waals surface area contributed by atoms with Crippen LogP contribution in [0.4, 0.5) is 5.95 Å². The van der Waals surface area contributed by atoms with E-state index in [0.717, 1.165) is 42.4 Å². The van der Waals surface area contributed by atoms with Crippen LogP contribution in [0.5, 0.6) is 0 Å². The molecular weight excluding hydrogens is 248 g/mol. The highest BCUT2D eigenvalue weighted by molar-refractivity contribution is 5.32. The number of fused-ring (bicyclic) bond motifs is 1. The second kappa shape index (κ2) is 4.99. The number of hydrogen-bond acceptors (Lipinski definition) is 4. The minimum Gasteiger partial charge on any atom is -0.340 e. The summed E-state index contributed by atoms with van der Waals surface area (Å²) in [4.78, 5) is 14.1. The Labute approximate surface area is 121 Å². The summed E-state index contributed by atoms with van der Waals surface area (Å²) in [5.41, 5.74) is 1.14. The van der Waals surface area contributed by atoms with Crippen LogP contribution in [0.15, 0.2) is 12.4 Å². The topological polar surface area (TPSA) is 32.3 Å². The summed E-state index contributed by atoms with van der Waals surface area (Å²) in [6.07, 6.45) is 8.16. The molecule has 4 rings (SSSR count). The van der Waals surface area contributed by atoms with E-state index in [9.17, 15) is 0 Å². The predicted octanol–water partition coefficient (Wildman–Crippen LogP) is 1.95. The minimum absolute atomic E-state index is 0.826. The molecule has 0 amide bonds. The van der Waals surface area contributed by atoms with E-state index in [2.05, 4.69) is 19.8 Å². The maximum absolute atomic E-state index is 4.50. The zero-order chi connectivity index (χ0) is 13.5. The van der Waals surface area contributed by atoms with Crippen LogP contribution in [-0.4, -0.2) is 47.6 Å². The van der Waals surface area contributed by atoms with Gasteiger partial charge in [-0.05, 0) is 56.0 Å². The highest BCUT2D eigenvalue weighted by Gasteiger charge is 2.38. The van der Waals surface area contributed by atoms with Crippen LogP contribution < -0.4 is 4.90 Å². The number of piperidine rings is 1. The van der Waals surface area contributed by atoms with Crippen molar-refractivity contribution in [1.82, 2.24) is 14.9 Å². The molecule has 0 radical (unpaired) electrons. The lowest BCUT2D eigenvalue weighted by molar-refractivity contribution is 0.143. The maximum atomic E-state index is 4.50. The van der Waals surface area contributed by atoms with Gasteiger partial charge in [0.2, 0.25) is 5.95 Å². The van der Waals surface area contributed by atoms with Crippen molar-refractivity contribution in [2.45, 2.75) is 26.2 Å². The number of anilines is 1. The van der Waals surface area contributed by atoms with Crippen molar-refractivity contribution in [2.24, 2.45) is 17.8 Å². The molecule has 3 heterocycles. The average Bonchev–Trinajstić information content (AvgIpc) is 3.16. The fourth-order valence-corrected chi connectivity index (χ4v) is 3.79. The lowest BCUT2D eigenvalue weighted by atomic mass is 9.88. The van der Waals surface area contributed by atoms with Crippen LogP contribution in [0.25, 0.3) is 0 Å². The van der Waals surface area contributed by atoms with E-state index in [1.54, 1.807) is 0 Å². The number of hydrogen-bond donors (Lipinski definition) is 0. The van der Waals surface area contributed by atoms with Crippen molar-refractivity contribution in [3.05, 3.63) is 18.0 Å². The number of rotatable bonds is 3. The van der Waals surface area contributed by atoms with Crippen LogP contribution in [0.2, 0.25) is 0 Å². The zero-order valence-electron chi connectivity index (χ0n) is 12.3. The number of likely N-dealkylation sites (tertiary alicyclic amines) is 1. The summed E-state index contributed by atoms with van der Waals surface area (Å²) in [6, 6.07) is 0. The molecule has 1 aromatic rings. The summed E-state index contributed by atoms with van der Waals surface area (Å²) in [7, 11) is 0. The quantitative estimate of drug-likeness (QED) is 0.842. The molecule has 108 valence electrons. The first kappa shape index (κ1) is 12.6. The molecule has 4 nitrogen and oxygen atoms in total. The summed E-state index contributed by atoms with van der Waals surface area (Å²) < 4.78 is 0. The van der Waals surface area contributed by atoms with Gasteiger partial charge in [0.05, 0.1) is 0 Å². The molecule has 1 aromatic heterocycles. The van der Waals surface area contributed by atoms with Gasteiger partial charge in [-0.15, -0.1) is 0 Å². The third kappa shape index (κ3) is 2.53. The number of aromatic nitrogens is 2. The van der Waals surface area contributed by atoms with Crippen molar-refractivity contribution in [3.8, 4) is 0 Å². The molecule has 1 saturated carbocycles. The molecule has 0 spiro atoms. The van der Waals surface area contributed by atoms with Gasteiger partial charge in [0.25, 0.3) is 0 Å². The summed E-state index contributed by atoms with van der Waals surface area (Å²) in [5.74, 6) is 3.63. The molecule has 0 bridgehead atoms. The van der Waals surface area contributed by atoms with Gasteiger partial charge in [-0.2, -0.15) is 0 Å². The highest BCUT2D eigenvalue weighted by atomic mass is 15.3. The Morgan fingerprint density at radius 3 is 2.55 bits per heavy atom. The van der Waals surface area contributed by atoms with E-state index in [0.29, 0.717) is 0 Å². The number of nitrogens with zero attached hydrogens (tertiary/aromatic N) is 4. The normalized spacial score (nSPS) is 30.6. The molecule has 0 aromatic carbocycles. The zero-order valence-corrected chi connectivity index (χ0v) is 12.3. The molecule has 0 unspecified atom stereocenters. The lowest BCUT2D eigenvalue weighted by Crippen LogP contribution is -2.40. The molecule has 4 heteroatoms. The molecular formula is C16H24N4. The van der Waals surface area contributed by atoms with E-state index < -0.39 is 0 Å². The smallest absolute Gasteiger partial charge is 0.225 e. The second-order valence-corrected chi connectivity index (χ2v) is 6.98. The third-order valence-corrected chi connectivity index (χ3v) is 5.15. The highest BCUT2D eigenvalue weighted by Crippen LogP contribution is 2.35. The first-order chi connectivity index (χ1) is 9.78. The number of aryl methyl sites for hydroxylation is 1. The Kier molecular flexibility index (Phi) is 3.14. The SMILES string of the molecule is Cc1cnc(N2C[C@@H]3CCN(CC4CC4)C[C@H]3C2)nc1. The minimum atomic E-state index is 0.826. The van der Waals surface area contributed by atoms with Crippen LogP contribution in [0.1, 0.15) is 24.8 Å². The van der Waals surface area contributed by atoms with Crippen LogP contribution in [0.3, 0.4) is 0 Å². The Hall–Kier alpha value is -1.16. The van der Waals surface area contributed by atoms with Gasteiger partial charge in [-0.25, -0.2) is 9.97 Å². The standard InChI is InChI=1S/C16H24N4/c1-12-6-17-16(18-7-12)20-10-14-4-5-19(8-13-2-3-13)9-15(14)11-20/h6-7,13-15H,2-5,8-11H2,1H3/t14-,15-/m0/s1. The van der Waals surface area contributed by atoms with Crippen molar-refractivity contribution in [2.75, 3.05) is 37.6 Å².